The maximum atomic E-state index is 11.9. The molecule has 0 saturated heterocycles. The SMILES string of the molecule is C=CCn1c(S[C@H](C)C(=O)NCC)nnc1-c1ccoc1C. The van der Waals surface area contributed by atoms with Crippen molar-refractivity contribution < 1.29 is 9.21 Å². The molecule has 22 heavy (non-hydrogen) atoms. The third kappa shape index (κ3) is 3.41. The van der Waals surface area contributed by atoms with Crippen molar-refractivity contribution in [3.05, 3.63) is 30.7 Å². The van der Waals surface area contributed by atoms with Gasteiger partial charge in [0.2, 0.25) is 5.91 Å². The first-order valence-corrected chi connectivity index (χ1v) is 7.99. The van der Waals surface area contributed by atoms with Crippen molar-refractivity contribution in [2.75, 3.05) is 6.54 Å². The number of hydrogen-bond acceptors (Lipinski definition) is 5. The van der Waals surface area contributed by atoms with Gasteiger partial charge >= 0.3 is 0 Å². The van der Waals surface area contributed by atoms with Crippen molar-refractivity contribution in [1.82, 2.24) is 20.1 Å². The molecule has 118 valence electrons. The summed E-state index contributed by atoms with van der Waals surface area (Å²) < 4.78 is 7.27. The van der Waals surface area contributed by atoms with Crippen LogP contribution in [0.3, 0.4) is 0 Å². The molecule has 0 aliphatic carbocycles. The van der Waals surface area contributed by atoms with E-state index < -0.39 is 0 Å². The number of carbonyl (C=O) groups is 1. The first kappa shape index (κ1) is 16.4. The van der Waals surface area contributed by atoms with Gasteiger partial charge in [0, 0.05) is 13.1 Å². The minimum atomic E-state index is -0.244. The molecule has 7 heteroatoms. The number of nitrogens with one attached hydrogen (secondary N) is 1. The fourth-order valence-corrected chi connectivity index (χ4v) is 2.90. The molecule has 0 aliphatic rings. The maximum Gasteiger partial charge on any atom is 0.233 e. The summed E-state index contributed by atoms with van der Waals surface area (Å²) >= 11 is 1.38. The van der Waals surface area contributed by atoms with E-state index in [4.69, 9.17) is 4.42 Å². The summed E-state index contributed by atoms with van der Waals surface area (Å²) in [5.74, 6) is 1.49. The van der Waals surface area contributed by atoms with Crippen molar-refractivity contribution in [2.45, 2.75) is 37.7 Å². The Hall–Kier alpha value is -2.02. The second-order valence-corrected chi connectivity index (χ2v) is 6.06. The predicted octanol–water partition coefficient (Wildman–Crippen LogP) is 2.65. The number of nitrogens with zero attached hydrogens (tertiary/aromatic N) is 3. The largest absolute Gasteiger partial charge is 0.469 e. The average Bonchev–Trinajstić information content (AvgIpc) is 3.06. The Bertz CT molecular complexity index is 662. The van der Waals surface area contributed by atoms with Gasteiger partial charge in [-0.15, -0.1) is 16.8 Å². The summed E-state index contributed by atoms with van der Waals surface area (Å²) in [7, 11) is 0. The number of aryl methyl sites for hydroxylation is 1. The van der Waals surface area contributed by atoms with Gasteiger partial charge in [-0.2, -0.15) is 0 Å². The number of aromatic nitrogens is 3. The summed E-state index contributed by atoms with van der Waals surface area (Å²) in [6, 6.07) is 1.86. The van der Waals surface area contributed by atoms with Crippen LogP contribution < -0.4 is 5.32 Å². The molecule has 2 aromatic heterocycles. The molecule has 0 radical (unpaired) electrons. The van der Waals surface area contributed by atoms with Crippen molar-refractivity contribution in [3.8, 4) is 11.4 Å². The van der Waals surface area contributed by atoms with Crippen LogP contribution in [0.1, 0.15) is 19.6 Å². The third-order valence-corrected chi connectivity index (χ3v) is 4.21. The Morgan fingerprint density at radius 2 is 2.36 bits per heavy atom. The molecule has 0 saturated carbocycles. The van der Waals surface area contributed by atoms with Gasteiger partial charge in [0.1, 0.15) is 5.76 Å². The Kier molecular flexibility index (Phi) is 5.43. The third-order valence-electron chi connectivity index (χ3n) is 3.13. The monoisotopic (exact) mass is 320 g/mol. The molecule has 6 nitrogen and oxygen atoms in total. The van der Waals surface area contributed by atoms with E-state index >= 15 is 0 Å². The van der Waals surface area contributed by atoms with Crippen LogP contribution in [0.4, 0.5) is 0 Å². The van der Waals surface area contributed by atoms with Crippen molar-refractivity contribution in [1.29, 1.82) is 0 Å². The van der Waals surface area contributed by atoms with Crippen LogP contribution in [0.15, 0.2) is 34.6 Å². The van der Waals surface area contributed by atoms with Crippen LogP contribution in [0.25, 0.3) is 11.4 Å². The van der Waals surface area contributed by atoms with E-state index in [1.165, 1.54) is 11.8 Å². The number of thioether (sulfide) groups is 1. The second-order valence-electron chi connectivity index (χ2n) is 4.75. The van der Waals surface area contributed by atoms with E-state index in [9.17, 15) is 4.79 Å². The van der Waals surface area contributed by atoms with Gasteiger partial charge < -0.3 is 9.73 Å². The van der Waals surface area contributed by atoms with E-state index in [0.717, 1.165) is 17.1 Å². The van der Waals surface area contributed by atoms with Crippen molar-refractivity contribution >= 4 is 17.7 Å². The van der Waals surface area contributed by atoms with Crippen LogP contribution >= 0.6 is 11.8 Å². The highest BCUT2D eigenvalue weighted by Gasteiger charge is 2.21. The lowest BCUT2D eigenvalue weighted by atomic mass is 10.2. The Morgan fingerprint density at radius 1 is 1.59 bits per heavy atom. The molecule has 2 aromatic rings. The topological polar surface area (TPSA) is 73.0 Å². The molecule has 1 N–H and O–H groups in total. The lowest BCUT2D eigenvalue weighted by molar-refractivity contribution is -0.120. The first-order valence-electron chi connectivity index (χ1n) is 7.11. The molecule has 0 fully saturated rings. The van der Waals surface area contributed by atoms with Crippen LogP contribution in [-0.2, 0) is 11.3 Å². The Balaban J connectivity index is 2.29. The summed E-state index contributed by atoms with van der Waals surface area (Å²) in [5.41, 5.74) is 0.895. The molecule has 2 heterocycles. The van der Waals surface area contributed by atoms with Gasteiger partial charge in [0.25, 0.3) is 0 Å². The highest BCUT2D eigenvalue weighted by atomic mass is 32.2. The zero-order valence-corrected chi connectivity index (χ0v) is 13.8. The maximum absolute atomic E-state index is 11.9. The molecule has 0 bridgehead atoms. The summed E-state index contributed by atoms with van der Waals surface area (Å²) in [6.07, 6.45) is 3.41. The fraction of sp³-hybridized carbons (Fsp3) is 0.400. The highest BCUT2D eigenvalue weighted by molar-refractivity contribution is 8.00. The van der Waals surface area contributed by atoms with Gasteiger partial charge in [-0.1, -0.05) is 17.8 Å². The molecule has 1 atom stereocenters. The zero-order valence-electron chi connectivity index (χ0n) is 13.0. The average molecular weight is 320 g/mol. The molecular formula is C15H20N4O2S. The minimum Gasteiger partial charge on any atom is -0.469 e. The first-order chi connectivity index (χ1) is 10.6. The lowest BCUT2D eigenvalue weighted by Gasteiger charge is -2.11. The number of hydrogen-bond donors (Lipinski definition) is 1. The Labute approximate surface area is 134 Å². The standard InChI is InChI=1S/C15H20N4O2S/c1-5-8-19-13(12-7-9-21-10(12)3)17-18-15(19)22-11(4)14(20)16-6-2/h5,7,9,11H,1,6,8H2,2-4H3,(H,16,20)/t11-/m1/s1. The second kappa shape index (κ2) is 7.31. The molecule has 1 amide bonds. The number of rotatable bonds is 7. The molecule has 2 rings (SSSR count). The van der Waals surface area contributed by atoms with Gasteiger partial charge in [-0.05, 0) is 26.8 Å². The van der Waals surface area contributed by atoms with E-state index in [1.807, 2.05) is 31.4 Å². The predicted molar refractivity (Wildman–Crippen MR) is 86.7 cm³/mol. The normalized spacial score (nSPS) is 12.1. The van der Waals surface area contributed by atoms with Crippen molar-refractivity contribution in [2.24, 2.45) is 0 Å². The molecular weight excluding hydrogens is 300 g/mol. The zero-order chi connectivity index (χ0) is 16.1. The van der Waals surface area contributed by atoms with Gasteiger partial charge in [0.05, 0.1) is 17.1 Å². The quantitative estimate of drug-likeness (QED) is 0.627. The van der Waals surface area contributed by atoms with Crippen molar-refractivity contribution in [3.63, 3.8) is 0 Å². The molecule has 0 aliphatic heterocycles. The van der Waals surface area contributed by atoms with Gasteiger partial charge in [-0.3, -0.25) is 9.36 Å². The van der Waals surface area contributed by atoms with E-state index in [-0.39, 0.29) is 11.2 Å². The number of allylic oxidation sites excluding steroid dienone is 1. The smallest absolute Gasteiger partial charge is 0.233 e. The number of furan rings is 1. The van der Waals surface area contributed by atoms with Gasteiger partial charge in [-0.25, -0.2) is 0 Å². The summed E-state index contributed by atoms with van der Waals surface area (Å²) in [6.45, 7) is 10.6. The molecule has 0 aromatic carbocycles. The van der Waals surface area contributed by atoms with Crippen LogP contribution in [0.2, 0.25) is 0 Å². The number of carbonyl (C=O) groups excluding carboxylic acids is 1. The van der Waals surface area contributed by atoms with Crippen LogP contribution in [-0.4, -0.2) is 32.5 Å². The Morgan fingerprint density at radius 3 is 2.95 bits per heavy atom. The summed E-state index contributed by atoms with van der Waals surface area (Å²) in [4.78, 5) is 11.9. The van der Waals surface area contributed by atoms with E-state index in [2.05, 4.69) is 22.1 Å². The fourth-order valence-electron chi connectivity index (χ4n) is 2.02. The van der Waals surface area contributed by atoms with Crippen LogP contribution in [0.5, 0.6) is 0 Å². The summed E-state index contributed by atoms with van der Waals surface area (Å²) in [5, 5.41) is 11.7. The minimum absolute atomic E-state index is 0.0123. The molecule has 0 spiro atoms. The lowest BCUT2D eigenvalue weighted by Crippen LogP contribution is -2.30. The van der Waals surface area contributed by atoms with E-state index in [0.29, 0.717) is 18.2 Å². The van der Waals surface area contributed by atoms with Gasteiger partial charge in [0.15, 0.2) is 11.0 Å². The molecule has 0 unspecified atom stereocenters. The number of amides is 1. The highest BCUT2D eigenvalue weighted by Crippen LogP contribution is 2.28. The van der Waals surface area contributed by atoms with Crippen LogP contribution in [0, 0.1) is 6.92 Å². The van der Waals surface area contributed by atoms with E-state index in [1.54, 1.807) is 12.3 Å².